The molecule has 5 nitrogen and oxygen atoms in total. The summed E-state index contributed by atoms with van der Waals surface area (Å²) in [6, 6.07) is 28.0. The summed E-state index contributed by atoms with van der Waals surface area (Å²) in [6.07, 6.45) is 5.13. The molecule has 38 heavy (non-hydrogen) atoms. The Balaban J connectivity index is 0.00000294. The van der Waals surface area contributed by atoms with Crippen LogP contribution >= 0.6 is 0 Å². The number of nitrogens with zero attached hydrogens (tertiary/aromatic N) is 4. The van der Waals surface area contributed by atoms with Crippen molar-refractivity contribution in [3.05, 3.63) is 119 Å². The van der Waals surface area contributed by atoms with Crippen LogP contribution in [0.4, 0.5) is 5.69 Å². The SMILES string of the molecule is Cc1ccc(C[n+]2ccn(CC(=O)N3CCC4(C)c5ccccc5N(Cc5ccccc5)C34)c2C)cc1.[Br-]. The monoisotopic (exact) mass is 570 g/mol. The Morgan fingerprint density at radius 1 is 0.947 bits per heavy atom. The normalized spacial score (nSPS) is 19.7. The number of hydrogen-bond donors (Lipinski definition) is 0. The Bertz CT molecular complexity index is 1430. The van der Waals surface area contributed by atoms with Crippen LogP contribution in [-0.2, 0) is 29.8 Å². The molecular weight excluding hydrogens is 536 g/mol. The summed E-state index contributed by atoms with van der Waals surface area (Å²) in [5.41, 5.74) is 6.33. The van der Waals surface area contributed by atoms with Crippen molar-refractivity contribution < 1.29 is 26.3 Å². The first-order valence-corrected chi connectivity index (χ1v) is 13.2. The molecule has 6 rings (SSSR count). The van der Waals surface area contributed by atoms with E-state index < -0.39 is 0 Å². The number of carbonyl (C=O) groups excluding carboxylic acids is 1. The van der Waals surface area contributed by atoms with Gasteiger partial charge >= 0.3 is 0 Å². The number of hydrogen-bond acceptors (Lipinski definition) is 2. The summed E-state index contributed by atoms with van der Waals surface area (Å²) in [6.45, 7) is 9.28. The molecule has 3 heterocycles. The lowest BCUT2D eigenvalue weighted by Gasteiger charge is -2.36. The van der Waals surface area contributed by atoms with Gasteiger partial charge in [-0.3, -0.25) is 4.79 Å². The average molecular weight is 572 g/mol. The molecule has 196 valence electrons. The van der Waals surface area contributed by atoms with Crippen LogP contribution in [-0.4, -0.2) is 28.1 Å². The number of aromatic nitrogens is 2. The lowest BCUT2D eigenvalue weighted by atomic mass is 9.81. The number of aryl methyl sites for hydroxylation is 1. The van der Waals surface area contributed by atoms with Crippen molar-refractivity contribution in [1.82, 2.24) is 9.47 Å². The number of anilines is 1. The van der Waals surface area contributed by atoms with E-state index in [2.05, 4.69) is 125 Å². The molecule has 0 radical (unpaired) electrons. The summed E-state index contributed by atoms with van der Waals surface area (Å²) in [7, 11) is 0. The molecule has 0 aliphatic carbocycles. The molecule has 0 saturated carbocycles. The fraction of sp³-hybridized carbons (Fsp3) is 0.312. The van der Waals surface area contributed by atoms with E-state index in [4.69, 9.17) is 0 Å². The minimum Gasteiger partial charge on any atom is -1.00 e. The first-order chi connectivity index (χ1) is 17.9. The molecule has 3 aromatic carbocycles. The van der Waals surface area contributed by atoms with Gasteiger partial charge in [-0.15, -0.1) is 0 Å². The third-order valence-corrected chi connectivity index (χ3v) is 8.41. The average Bonchev–Trinajstić information content (AvgIpc) is 3.51. The topological polar surface area (TPSA) is 32.4 Å². The third kappa shape index (κ3) is 4.55. The van der Waals surface area contributed by atoms with Crippen molar-refractivity contribution in [2.24, 2.45) is 0 Å². The minimum absolute atomic E-state index is 0. The number of rotatable bonds is 6. The number of likely N-dealkylation sites (tertiary alicyclic amines) is 1. The van der Waals surface area contributed by atoms with Crippen molar-refractivity contribution >= 4 is 11.6 Å². The second-order valence-corrected chi connectivity index (χ2v) is 10.8. The highest BCUT2D eigenvalue weighted by atomic mass is 79.9. The Kier molecular flexibility index (Phi) is 7.19. The Morgan fingerprint density at radius 3 is 2.42 bits per heavy atom. The number of imidazole rings is 1. The van der Waals surface area contributed by atoms with Gasteiger partial charge in [-0.2, -0.15) is 0 Å². The highest BCUT2D eigenvalue weighted by molar-refractivity contribution is 5.79. The van der Waals surface area contributed by atoms with Crippen molar-refractivity contribution in [3.63, 3.8) is 0 Å². The Morgan fingerprint density at radius 2 is 1.66 bits per heavy atom. The molecule has 2 aliphatic heterocycles. The molecule has 0 spiro atoms. The lowest BCUT2D eigenvalue weighted by molar-refractivity contribution is -0.693. The van der Waals surface area contributed by atoms with Crippen LogP contribution in [0.5, 0.6) is 0 Å². The molecule has 2 unspecified atom stereocenters. The fourth-order valence-electron chi connectivity index (χ4n) is 6.29. The highest BCUT2D eigenvalue weighted by Gasteiger charge is 2.55. The van der Waals surface area contributed by atoms with E-state index in [1.54, 1.807) is 0 Å². The van der Waals surface area contributed by atoms with Gasteiger partial charge in [0, 0.05) is 31.1 Å². The van der Waals surface area contributed by atoms with Crippen LogP contribution in [0.1, 0.15) is 41.4 Å². The smallest absolute Gasteiger partial charge is 0.266 e. The zero-order chi connectivity index (χ0) is 25.6. The van der Waals surface area contributed by atoms with Crippen LogP contribution < -0.4 is 26.4 Å². The molecule has 1 amide bonds. The van der Waals surface area contributed by atoms with Gasteiger partial charge in [0.05, 0.1) is 0 Å². The van der Waals surface area contributed by atoms with Crippen molar-refractivity contribution in [2.75, 3.05) is 11.4 Å². The molecule has 0 bridgehead atoms. The first-order valence-electron chi connectivity index (χ1n) is 13.2. The van der Waals surface area contributed by atoms with Crippen molar-refractivity contribution in [2.45, 2.75) is 58.4 Å². The Hall–Kier alpha value is -3.38. The van der Waals surface area contributed by atoms with E-state index >= 15 is 0 Å². The summed E-state index contributed by atoms with van der Waals surface area (Å²) in [5, 5.41) is 0. The van der Waals surface area contributed by atoms with E-state index in [0.29, 0.717) is 6.54 Å². The third-order valence-electron chi connectivity index (χ3n) is 8.41. The van der Waals surface area contributed by atoms with Crippen LogP contribution in [0.2, 0.25) is 0 Å². The summed E-state index contributed by atoms with van der Waals surface area (Å²) < 4.78 is 4.31. The number of fused-ring (bicyclic) bond motifs is 3. The summed E-state index contributed by atoms with van der Waals surface area (Å²) in [5.74, 6) is 1.27. The van der Waals surface area contributed by atoms with E-state index in [9.17, 15) is 4.79 Å². The van der Waals surface area contributed by atoms with Crippen LogP contribution in [0.15, 0.2) is 91.3 Å². The highest BCUT2D eigenvalue weighted by Crippen LogP contribution is 2.52. The van der Waals surface area contributed by atoms with Gasteiger partial charge in [0.1, 0.15) is 25.1 Å². The maximum absolute atomic E-state index is 13.9. The first kappa shape index (κ1) is 26.2. The maximum atomic E-state index is 13.9. The van der Waals surface area contributed by atoms with Gasteiger partial charge in [-0.1, -0.05) is 85.3 Å². The largest absolute Gasteiger partial charge is 1.00 e. The van der Waals surface area contributed by atoms with E-state index in [-0.39, 0.29) is 34.5 Å². The van der Waals surface area contributed by atoms with Crippen LogP contribution in [0.25, 0.3) is 0 Å². The van der Waals surface area contributed by atoms with Crippen LogP contribution in [0, 0.1) is 13.8 Å². The molecule has 1 saturated heterocycles. The number of amides is 1. The minimum atomic E-state index is -0.0713. The quantitative estimate of drug-likeness (QED) is 0.332. The molecule has 6 heteroatoms. The van der Waals surface area contributed by atoms with Gasteiger partial charge < -0.3 is 26.8 Å². The molecule has 0 N–H and O–H groups in total. The second-order valence-electron chi connectivity index (χ2n) is 10.8. The predicted octanol–water partition coefficient (Wildman–Crippen LogP) is 1.98. The number of benzene rings is 3. The standard InChI is InChI=1S/C32H35N4O.BrH/c1-24-13-15-27(16-14-24)21-33-19-20-34(25(33)2)23-30(37)35-18-17-32(3)28-11-7-8-12-29(28)36(31(32)35)22-26-9-5-4-6-10-26;/h4-16,19-20,31H,17-18,21-23H2,1-3H3;1H/q+1;/p-1. The van der Waals surface area contributed by atoms with Crippen molar-refractivity contribution in [3.8, 4) is 0 Å². The molecular formula is C32H35BrN4O. The van der Waals surface area contributed by atoms with Gasteiger partial charge in [0.2, 0.25) is 0 Å². The molecule has 1 aromatic heterocycles. The van der Waals surface area contributed by atoms with E-state index in [1.807, 2.05) is 6.20 Å². The summed E-state index contributed by atoms with van der Waals surface area (Å²) >= 11 is 0. The fourth-order valence-corrected chi connectivity index (χ4v) is 6.29. The Labute approximate surface area is 236 Å². The number of para-hydroxylation sites is 1. The molecule has 2 aliphatic rings. The molecule has 1 fully saturated rings. The molecule has 2 atom stereocenters. The zero-order valence-corrected chi connectivity index (χ0v) is 23.9. The second kappa shape index (κ2) is 10.4. The number of halogens is 1. The molecule has 4 aromatic rings. The van der Waals surface area contributed by atoms with E-state index in [0.717, 1.165) is 31.9 Å². The van der Waals surface area contributed by atoms with E-state index in [1.165, 1.54) is 27.9 Å². The summed E-state index contributed by atoms with van der Waals surface area (Å²) in [4.78, 5) is 18.5. The zero-order valence-electron chi connectivity index (χ0n) is 22.3. The van der Waals surface area contributed by atoms with Crippen molar-refractivity contribution in [1.29, 1.82) is 0 Å². The van der Waals surface area contributed by atoms with Gasteiger partial charge in [-0.25, -0.2) is 9.13 Å². The maximum Gasteiger partial charge on any atom is 0.266 e. The van der Waals surface area contributed by atoms with Gasteiger partial charge in [0.15, 0.2) is 6.54 Å². The van der Waals surface area contributed by atoms with Gasteiger partial charge in [-0.05, 0) is 36.1 Å². The number of carbonyl (C=O) groups is 1. The lowest BCUT2D eigenvalue weighted by Crippen LogP contribution is -3.00. The predicted molar refractivity (Wildman–Crippen MR) is 146 cm³/mol. The van der Waals surface area contributed by atoms with Gasteiger partial charge in [0.25, 0.3) is 11.7 Å². The van der Waals surface area contributed by atoms with Crippen LogP contribution in [0.3, 0.4) is 0 Å².